The van der Waals surface area contributed by atoms with Gasteiger partial charge in [-0.3, -0.25) is 4.68 Å². The predicted molar refractivity (Wildman–Crippen MR) is 52.3 cm³/mol. The number of carboxylic acids is 1. The van der Waals surface area contributed by atoms with Gasteiger partial charge in [0.25, 0.3) is 0 Å². The van der Waals surface area contributed by atoms with E-state index in [1.807, 2.05) is 13.8 Å². The third kappa shape index (κ3) is 1.93. The van der Waals surface area contributed by atoms with E-state index in [1.165, 1.54) is 4.68 Å². The van der Waals surface area contributed by atoms with Crippen LogP contribution in [0.4, 0.5) is 0 Å². The molecule has 0 unspecified atom stereocenters. The molecular weight excluding hydrogens is 182 g/mol. The highest BCUT2D eigenvalue weighted by Gasteiger charge is 2.18. The van der Waals surface area contributed by atoms with Gasteiger partial charge in [-0.05, 0) is 20.9 Å². The summed E-state index contributed by atoms with van der Waals surface area (Å²) >= 11 is 0. The van der Waals surface area contributed by atoms with E-state index in [4.69, 9.17) is 5.11 Å². The lowest BCUT2D eigenvalue weighted by molar-refractivity contribution is 0.0679. The zero-order valence-corrected chi connectivity index (χ0v) is 8.61. The summed E-state index contributed by atoms with van der Waals surface area (Å²) in [6.45, 7) is 4.33. The van der Waals surface area contributed by atoms with Crippen molar-refractivity contribution in [1.82, 2.24) is 15.1 Å². The maximum absolute atomic E-state index is 11.0. The lowest BCUT2D eigenvalue weighted by Crippen LogP contribution is -2.15. The summed E-state index contributed by atoms with van der Waals surface area (Å²) < 4.78 is 1.52. The standard InChI is InChI=1S/C9H15N3O2/c1-6(2)12-8(9(13)14)7(4-10-3)5-11-12/h5-6,10H,4H2,1-3H3,(H,13,14). The molecule has 0 atom stereocenters. The van der Waals surface area contributed by atoms with Gasteiger partial charge in [0, 0.05) is 18.2 Å². The number of carboxylic acid groups (broad SMARTS) is 1. The third-order valence-corrected chi connectivity index (χ3v) is 1.93. The number of carbonyl (C=O) groups is 1. The van der Waals surface area contributed by atoms with Crippen LogP contribution in [0.1, 0.15) is 35.9 Å². The average molecular weight is 197 g/mol. The Kier molecular flexibility index (Phi) is 3.24. The quantitative estimate of drug-likeness (QED) is 0.752. The molecule has 5 nitrogen and oxygen atoms in total. The van der Waals surface area contributed by atoms with Crippen molar-refractivity contribution in [1.29, 1.82) is 0 Å². The molecule has 0 saturated carbocycles. The Labute approximate surface area is 82.7 Å². The van der Waals surface area contributed by atoms with Crippen LogP contribution in [0, 0.1) is 0 Å². The minimum absolute atomic E-state index is 0.0618. The zero-order valence-electron chi connectivity index (χ0n) is 8.61. The summed E-state index contributed by atoms with van der Waals surface area (Å²) in [5.41, 5.74) is 0.989. The Morgan fingerprint density at radius 2 is 2.36 bits per heavy atom. The van der Waals surface area contributed by atoms with Crippen LogP contribution >= 0.6 is 0 Å². The van der Waals surface area contributed by atoms with Crippen LogP contribution in [0.3, 0.4) is 0 Å². The first-order valence-electron chi connectivity index (χ1n) is 4.52. The summed E-state index contributed by atoms with van der Waals surface area (Å²) in [7, 11) is 1.78. The van der Waals surface area contributed by atoms with Crippen LogP contribution in [-0.4, -0.2) is 27.9 Å². The molecule has 1 aromatic rings. The van der Waals surface area contributed by atoms with Crippen LogP contribution in [-0.2, 0) is 6.54 Å². The highest BCUT2D eigenvalue weighted by atomic mass is 16.4. The summed E-state index contributed by atoms with van der Waals surface area (Å²) in [6.07, 6.45) is 1.60. The minimum atomic E-state index is -0.929. The second-order valence-electron chi connectivity index (χ2n) is 3.39. The predicted octanol–water partition coefficient (Wildman–Crippen LogP) is 0.882. The molecule has 1 heterocycles. The molecule has 0 aromatic carbocycles. The topological polar surface area (TPSA) is 67.2 Å². The van der Waals surface area contributed by atoms with Crippen molar-refractivity contribution >= 4 is 5.97 Å². The van der Waals surface area contributed by atoms with Gasteiger partial charge in [0.05, 0.1) is 6.20 Å². The molecule has 5 heteroatoms. The van der Waals surface area contributed by atoms with E-state index in [1.54, 1.807) is 13.2 Å². The van der Waals surface area contributed by atoms with Crippen LogP contribution < -0.4 is 5.32 Å². The Morgan fingerprint density at radius 3 is 2.79 bits per heavy atom. The molecule has 0 fully saturated rings. The second-order valence-corrected chi connectivity index (χ2v) is 3.39. The number of hydrogen-bond donors (Lipinski definition) is 2. The highest BCUT2D eigenvalue weighted by molar-refractivity contribution is 5.87. The van der Waals surface area contributed by atoms with Gasteiger partial charge < -0.3 is 10.4 Å². The molecule has 0 bridgehead atoms. The van der Waals surface area contributed by atoms with Crippen molar-refractivity contribution in [2.75, 3.05) is 7.05 Å². The first-order chi connectivity index (χ1) is 6.57. The van der Waals surface area contributed by atoms with Crippen molar-refractivity contribution < 1.29 is 9.90 Å². The van der Waals surface area contributed by atoms with Gasteiger partial charge in [-0.15, -0.1) is 0 Å². The second kappa shape index (κ2) is 4.23. The zero-order chi connectivity index (χ0) is 10.7. The van der Waals surface area contributed by atoms with E-state index >= 15 is 0 Å². The van der Waals surface area contributed by atoms with Crippen LogP contribution in [0.2, 0.25) is 0 Å². The largest absolute Gasteiger partial charge is 0.477 e. The number of nitrogens with zero attached hydrogens (tertiary/aromatic N) is 2. The maximum Gasteiger partial charge on any atom is 0.354 e. The van der Waals surface area contributed by atoms with Gasteiger partial charge in [0.2, 0.25) is 0 Å². The lowest BCUT2D eigenvalue weighted by atomic mass is 10.2. The molecule has 2 N–H and O–H groups in total. The minimum Gasteiger partial charge on any atom is -0.477 e. The smallest absolute Gasteiger partial charge is 0.354 e. The summed E-state index contributed by atoms with van der Waals surface area (Å²) in [5.74, 6) is -0.929. The van der Waals surface area contributed by atoms with Gasteiger partial charge in [0.1, 0.15) is 0 Å². The molecule has 0 amide bonds. The Bertz CT molecular complexity index is 331. The number of aromatic carboxylic acids is 1. The molecule has 78 valence electrons. The molecule has 1 rings (SSSR count). The van der Waals surface area contributed by atoms with Crippen molar-refractivity contribution in [2.45, 2.75) is 26.4 Å². The third-order valence-electron chi connectivity index (χ3n) is 1.93. The number of nitrogens with one attached hydrogen (secondary N) is 1. The summed E-state index contributed by atoms with van der Waals surface area (Å²) in [5, 5.41) is 16.0. The molecule has 1 aromatic heterocycles. The molecule has 0 aliphatic rings. The van der Waals surface area contributed by atoms with Gasteiger partial charge in [-0.1, -0.05) is 0 Å². The van der Waals surface area contributed by atoms with E-state index in [9.17, 15) is 4.79 Å². The normalized spacial score (nSPS) is 10.9. The Hall–Kier alpha value is -1.36. The van der Waals surface area contributed by atoms with Crippen LogP contribution in [0.15, 0.2) is 6.20 Å². The van der Waals surface area contributed by atoms with E-state index < -0.39 is 5.97 Å². The van der Waals surface area contributed by atoms with E-state index in [0.717, 1.165) is 0 Å². The fraction of sp³-hybridized carbons (Fsp3) is 0.556. The van der Waals surface area contributed by atoms with Gasteiger partial charge >= 0.3 is 5.97 Å². The Morgan fingerprint density at radius 1 is 1.71 bits per heavy atom. The van der Waals surface area contributed by atoms with Crippen molar-refractivity contribution in [3.8, 4) is 0 Å². The van der Waals surface area contributed by atoms with Crippen LogP contribution in [0.25, 0.3) is 0 Å². The number of hydrogen-bond acceptors (Lipinski definition) is 3. The molecule has 0 radical (unpaired) electrons. The highest BCUT2D eigenvalue weighted by Crippen LogP contribution is 2.13. The van der Waals surface area contributed by atoms with E-state index in [2.05, 4.69) is 10.4 Å². The first-order valence-corrected chi connectivity index (χ1v) is 4.52. The van der Waals surface area contributed by atoms with Crippen molar-refractivity contribution in [3.05, 3.63) is 17.5 Å². The Balaban J connectivity index is 3.13. The van der Waals surface area contributed by atoms with Gasteiger partial charge in [-0.25, -0.2) is 4.79 Å². The molecule has 0 aliphatic heterocycles. The van der Waals surface area contributed by atoms with Gasteiger partial charge in [-0.2, -0.15) is 5.10 Å². The molecular formula is C9H15N3O2. The molecule has 0 saturated heterocycles. The number of aromatic nitrogens is 2. The average Bonchev–Trinajstić information content (AvgIpc) is 2.48. The maximum atomic E-state index is 11.0. The molecule has 0 aliphatic carbocycles. The molecule has 0 spiro atoms. The lowest BCUT2D eigenvalue weighted by Gasteiger charge is -2.08. The monoisotopic (exact) mass is 197 g/mol. The molecule has 14 heavy (non-hydrogen) atoms. The van der Waals surface area contributed by atoms with Gasteiger partial charge in [0.15, 0.2) is 5.69 Å². The van der Waals surface area contributed by atoms with E-state index in [0.29, 0.717) is 12.1 Å². The first kappa shape index (κ1) is 10.7. The fourth-order valence-electron chi connectivity index (χ4n) is 1.34. The van der Waals surface area contributed by atoms with Crippen molar-refractivity contribution in [3.63, 3.8) is 0 Å². The summed E-state index contributed by atoms with van der Waals surface area (Å²) in [6, 6.07) is 0.0618. The summed E-state index contributed by atoms with van der Waals surface area (Å²) in [4.78, 5) is 11.0. The van der Waals surface area contributed by atoms with Crippen molar-refractivity contribution in [2.24, 2.45) is 0 Å². The fourth-order valence-corrected chi connectivity index (χ4v) is 1.34. The number of rotatable bonds is 4. The SMILES string of the molecule is CNCc1cnn(C(C)C)c1C(=O)O. The van der Waals surface area contributed by atoms with E-state index in [-0.39, 0.29) is 11.7 Å². The van der Waals surface area contributed by atoms with Crippen LogP contribution in [0.5, 0.6) is 0 Å².